The first-order chi connectivity index (χ1) is 15.2. The number of nitrogens with zero attached hydrogens (tertiary/aromatic N) is 6. The largest absolute Gasteiger partial charge is 0.378 e. The van der Waals surface area contributed by atoms with Gasteiger partial charge in [-0.25, -0.2) is 9.50 Å². The van der Waals surface area contributed by atoms with Gasteiger partial charge in [0.2, 0.25) is 0 Å². The zero-order valence-electron chi connectivity index (χ0n) is 17.8. The number of pyridine rings is 2. The summed E-state index contributed by atoms with van der Waals surface area (Å²) >= 11 is 0. The Balaban J connectivity index is 1.28. The van der Waals surface area contributed by atoms with E-state index >= 15 is 0 Å². The summed E-state index contributed by atoms with van der Waals surface area (Å²) in [5, 5.41) is 8.14. The van der Waals surface area contributed by atoms with E-state index in [4.69, 9.17) is 4.98 Å². The van der Waals surface area contributed by atoms with Crippen molar-refractivity contribution in [1.82, 2.24) is 24.5 Å². The lowest BCUT2D eigenvalue weighted by Gasteiger charge is -2.34. The Morgan fingerprint density at radius 3 is 2.55 bits per heavy atom. The summed E-state index contributed by atoms with van der Waals surface area (Å²) in [6.07, 6.45) is 6.31. The Morgan fingerprint density at radius 1 is 0.935 bits per heavy atom. The first-order valence-corrected chi connectivity index (χ1v) is 10.7. The molecule has 7 nitrogen and oxygen atoms in total. The molecule has 0 saturated carbocycles. The third kappa shape index (κ3) is 4.51. The molecule has 0 unspecified atom stereocenters. The zero-order valence-corrected chi connectivity index (χ0v) is 17.8. The monoisotopic (exact) mass is 413 g/mol. The maximum atomic E-state index is 4.80. The van der Waals surface area contributed by atoms with Gasteiger partial charge in [0.15, 0.2) is 11.5 Å². The molecule has 0 aliphatic carbocycles. The second kappa shape index (κ2) is 8.73. The highest BCUT2D eigenvalue weighted by atomic mass is 15.3. The van der Waals surface area contributed by atoms with Gasteiger partial charge in [-0.1, -0.05) is 18.2 Å². The Labute approximate surface area is 182 Å². The quantitative estimate of drug-likeness (QED) is 0.524. The fraction of sp³-hybridized carbons (Fsp3) is 0.292. The Morgan fingerprint density at radius 2 is 1.77 bits per heavy atom. The van der Waals surface area contributed by atoms with Crippen molar-refractivity contribution in [2.75, 3.05) is 43.4 Å². The summed E-state index contributed by atoms with van der Waals surface area (Å²) in [5.74, 6) is 0.822. The Kier molecular flexibility index (Phi) is 5.50. The number of rotatable bonds is 6. The van der Waals surface area contributed by atoms with Crippen LogP contribution < -0.4 is 10.2 Å². The van der Waals surface area contributed by atoms with Gasteiger partial charge in [-0.2, -0.15) is 5.10 Å². The summed E-state index contributed by atoms with van der Waals surface area (Å²) in [6, 6.07) is 16.9. The van der Waals surface area contributed by atoms with Gasteiger partial charge in [-0.15, -0.1) is 0 Å². The van der Waals surface area contributed by atoms with E-state index in [0.717, 1.165) is 48.9 Å². The minimum atomic E-state index is 0.698. The molecule has 0 atom stereocenters. The molecule has 0 amide bonds. The van der Waals surface area contributed by atoms with Crippen molar-refractivity contribution in [3.05, 3.63) is 84.1 Å². The summed E-state index contributed by atoms with van der Waals surface area (Å²) in [6.45, 7) is 5.09. The number of piperazine rings is 1. The Bertz CT molecular complexity index is 1130. The highest BCUT2D eigenvalue weighted by Gasteiger charge is 2.14. The molecule has 1 fully saturated rings. The first-order valence-electron chi connectivity index (χ1n) is 10.7. The molecule has 0 spiro atoms. The number of benzene rings is 1. The SMILES string of the molecule is CN1CCN(c2ccc(Cc3nc4c(NCc5cccnc5)cccn4n3)cc2)CC1. The van der Waals surface area contributed by atoms with Gasteiger partial charge in [0.1, 0.15) is 0 Å². The first kappa shape index (κ1) is 19.5. The second-order valence-corrected chi connectivity index (χ2v) is 8.07. The molecular formula is C24H27N7. The van der Waals surface area contributed by atoms with Crippen molar-refractivity contribution in [3.8, 4) is 0 Å². The summed E-state index contributed by atoms with van der Waals surface area (Å²) in [7, 11) is 2.18. The third-order valence-corrected chi connectivity index (χ3v) is 5.78. The second-order valence-electron chi connectivity index (χ2n) is 8.07. The fourth-order valence-corrected chi connectivity index (χ4v) is 3.94. The van der Waals surface area contributed by atoms with Crippen LogP contribution in [0.15, 0.2) is 67.1 Å². The average Bonchev–Trinajstić information content (AvgIpc) is 3.22. The lowest BCUT2D eigenvalue weighted by atomic mass is 10.1. The topological polar surface area (TPSA) is 61.6 Å². The Hall–Kier alpha value is -3.45. The van der Waals surface area contributed by atoms with Crippen LogP contribution in [0, 0.1) is 0 Å². The predicted octanol–water partition coefficient (Wildman–Crippen LogP) is 3.08. The molecule has 1 aromatic carbocycles. The third-order valence-electron chi connectivity index (χ3n) is 5.78. The van der Waals surface area contributed by atoms with E-state index in [1.165, 1.54) is 11.3 Å². The van der Waals surface area contributed by atoms with Gasteiger partial charge < -0.3 is 15.1 Å². The zero-order chi connectivity index (χ0) is 21.0. The highest BCUT2D eigenvalue weighted by Crippen LogP contribution is 2.20. The molecule has 0 radical (unpaired) electrons. The number of nitrogens with one attached hydrogen (secondary N) is 1. The maximum absolute atomic E-state index is 4.80. The molecule has 4 aromatic rings. The fourth-order valence-electron chi connectivity index (χ4n) is 3.94. The van der Waals surface area contributed by atoms with E-state index in [1.807, 2.05) is 35.1 Å². The van der Waals surface area contributed by atoms with Crippen LogP contribution >= 0.6 is 0 Å². The van der Waals surface area contributed by atoms with E-state index in [9.17, 15) is 0 Å². The summed E-state index contributed by atoms with van der Waals surface area (Å²) < 4.78 is 1.85. The van der Waals surface area contributed by atoms with Crippen LogP contribution in [0.2, 0.25) is 0 Å². The van der Waals surface area contributed by atoms with E-state index in [2.05, 4.69) is 62.6 Å². The molecule has 1 saturated heterocycles. The van der Waals surface area contributed by atoms with Crippen LogP contribution in [0.4, 0.5) is 11.4 Å². The standard InChI is InChI=1S/C24H27N7/c1-29-12-14-30(15-13-29)21-8-6-19(7-9-21)16-23-27-24-22(5-3-11-31(24)28-23)26-18-20-4-2-10-25-17-20/h2-11,17,26H,12-16,18H2,1H3. The van der Waals surface area contributed by atoms with Crippen LogP contribution in [-0.2, 0) is 13.0 Å². The number of hydrogen-bond acceptors (Lipinski definition) is 6. The summed E-state index contributed by atoms with van der Waals surface area (Å²) in [4.78, 5) is 13.8. The molecule has 4 heterocycles. The lowest BCUT2D eigenvalue weighted by molar-refractivity contribution is 0.313. The average molecular weight is 414 g/mol. The van der Waals surface area contributed by atoms with Gasteiger partial charge in [-0.05, 0) is 48.5 Å². The van der Waals surface area contributed by atoms with E-state index in [1.54, 1.807) is 6.20 Å². The predicted molar refractivity (Wildman–Crippen MR) is 124 cm³/mol. The van der Waals surface area contributed by atoms with Crippen LogP contribution in [0.1, 0.15) is 17.0 Å². The molecule has 158 valence electrons. The van der Waals surface area contributed by atoms with E-state index < -0.39 is 0 Å². The van der Waals surface area contributed by atoms with Crippen molar-refractivity contribution in [2.24, 2.45) is 0 Å². The molecule has 0 bridgehead atoms. The van der Waals surface area contributed by atoms with Gasteiger partial charge in [0.05, 0.1) is 5.69 Å². The molecular weight excluding hydrogens is 386 g/mol. The number of likely N-dealkylation sites (N-methyl/N-ethyl adjacent to an activating group) is 1. The minimum absolute atomic E-state index is 0.698. The molecule has 7 heteroatoms. The van der Waals surface area contributed by atoms with E-state index in [0.29, 0.717) is 13.0 Å². The van der Waals surface area contributed by atoms with Crippen LogP contribution in [0.5, 0.6) is 0 Å². The van der Waals surface area contributed by atoms with Crippen molar-refractivity contribution < 1.29 is 0 Å². The van der Waals surface area contributed by atoms with Crippen LogP contribution in [0.25, 0.3) is 5.65 Å². The number of aromatic nitrogens is 4. The molecule has 1 aliphatic rings. The summed E-state index contributed by atoms with van der Waals surface area (Å²) in [5.41, 5.74) is 5.45. The normalized spacial score (nSPS) is 14.8. The molecule has 5 rings (SSSR count). The number of hydrogen-bond donors (Lipinski definition) is 1. The van der Waals surface area contributed by atoms with Crippen molar-refractivity contribution in [1.29, 1.82) is 0 Å². The smallest absolute Gasteiger partial charge is 0.178 e. The van der Waals surface area contributed by atoms with Crippen molar-refractivity contribution in [2.45, 2.75) is 13.0 Å². The molecule has 1 N–H and O–H groups in total. The minimum Gasteiger partial charge on any atom is -0.378 e. The van der Waals surface area contributed by atoms with Gasteiger partial charge >= 0.3 is 0 Å². The lowest BCUT2D eigenvalue weighted by Crippen LogP contribution is -2.44. The highest BCUT2D eigenvalue weighted by molar-refractivity contribution is 5.67. The van der Waals surface area contributed by atoms with Crippen molar-refractivity contribution in [3.63, 3.8) is 0 Å². The maximum Gasteiger partial charge on any atom is 0.178 e. The molecule has 1 aliphatic heterocycles. The number of anilines is 2. The number of fused-ring (bicyclic) bond motifs is 1. The van der Waals surface area contributed by atoms with Gasteiger partial charge in [0.25, 0.3) is 0 Å². The van der Waals surface area contributed by atoms with Crippen molar-refractivity contribution >= 4 is 17.0 Å². The van der Waals surface area contributed by atoms with E-state index in [-0.39, 0.29) is 0 Å². The van der Waals surface area contributed by atoms with Gasteiger partial charge in [0, 0.05) is 63.4 Å². The molecule has 31 heavy (non-hydrogen) atoms. The van der Waals surface area contributed by atoms with Crippen LogP contribution in [-0.4, -0.2) is 57.7 Å². The van der Waals surface area contributed by atoms with Gasteiger partial charge in [-0.3, -0.25) is 4.98 Å². The van der Waals surface area contributed by atoms with Crippen LogP contribution in [0.3, 0.4) is 0 Å². The molecule has 3 aromatic heterocycles.